The summed E-state index contributed by atoms with van der Waals surface area (Å²) in [5, 5.41) is 13.5. The Labute approximate surface area is 269 Å². The minimum atomic E-state index is -4.58. The topological polar surface area (TPSA) is 108 Å². The summed E-state index contributed by atoms with van der Waals surface area (Å²) in [5.41, 5.74) is 0. The zero-order valence-corrected chi connectivity index (χ0v) is 29.5. The molecule has 0 spiro atoms. The average Bonchev–Trinajstić information content (AvgIpc) is 2.95. The van der Waals surface area contributed by atoms with Crippen molar-refractivity contribution in [2.24, 2.45) is 0 Å². The number of nitrogens with one attached hydrogen (secondary N) is 1. The Kier molecular flexibility index (Phi) is 26.8. The lowest BCUT2D eigenvalue weighted by Gasteiger charge is -2.29. The quantitative estimate of drug-likeness (QED) is 0.0378. The zero-order chi connectivity index (χ0) is 32.9. The van der Waals surface area contributed by atoms with E-state index in [-0.39, 0.29) is 12.5 Å². The number of allylic oxidation sites excluding steroid dienone is 7. The van der Waals surface area contributed by atoms with Crippen LogP contribution in [0.5, 0.6) is 0 Å². The second-order valence-electron chi connectivity index (χ2n) is 12.5. The molecule has 8 nitrogen and oxygen atoms in total. The van der Waals surface area contributed by atoms with Gasteiger partial charge in [0.25, 0.3) is 7.82 Å². The first-order valence-electron chi connectivity index (χ1n) is 17.0. The molecule has 0 aromatic heterocycles. The van der Waals surface area contributed by atoms with Gasteiger partial charge in [-0.15, -0.1) is 0 Å². The molecule has 3 unspecified atom stereocenters. The van der Waals surface area contributed by atoms with Crippen LogP contribution < -0.4 is 10.2 Å². The number of carbonyl (C=O) groups is 1. The molecule has 0 aromatic rings. The van der Waals surface area contributed by atoms with Crippen molar-refractivity contribution in [3.63, 3.8) is 0 Å². The van der Waals surface area contributed by atoms with Crippen LogP contribution in [0.2, 0.25) is 0 Å². The van der Waals surface area contributed by atoms with Gasteiger partial charge in [0.15, 0.2) is 0 Å². The van der Waals surface area contributed by atoms with Crippen molar-refractivity contribution in [3.8, 4) is 0 Å². The SMILES string of the molecule is CCCC/C=C\C/C=C\CCCCCCCC(=O)NC(COP(=O)([O-])OCC[N+](C)(C)C)C(O)/C=C/CC/C=C/CCCC. The van der Waals surface area contributed by atoms with Gasteiger partial charge in [0.05, 0.1) is 39.9 Å². The Morgan fingerprint density at radius 3 is 1.98 bits per heavy atom. The maximum atomic E-state index is 12.7. The van der Waals surface area contributed by atoms with Crippen molar-refractivity contribution >= 4 is 13.7 Å². The van der Waals surface area contributed by atoms with Crippen LogP contribution in [0.25, 0.3) is 0 Å². The monoisotopic (exact) mass is 640 g/mol. The molecule has 0 saturated carbocycles. The van der Waals surface area contributed by atoms with Crippen molar-refractivity contribution in [3.05, 3.63) is 48.6 Å². The molecule has 256 valence electrons. The standard InChI is InChI=1S/C35H65N2O6P/c1-6-8-10-12-14-16-17-18-19-20-21-23-25-27-29-35(39)36-33(32-43-44(40,41)42-31-30-37(3,4)5)34(38)28-26-24-22-15-13-11-9-7-2/h12-15,17-18,26,28,33-34,38H,6-11,16,19-25,27,29-32H2,1-5H3,(H-,36,39,40,41)/b14-12-,15-13+,18-17-,28-26+. The van der Waals surface area contributed by atoms with E-state index >= 15 is 0 Å². The second-order valence-corrected chi connectivity index (χ2v) is 13.9. The van der Waals surface area contributed by atoms with E-state index in [1.165, 1.54) is 25.7 Å². The Balaban J connectivity index is 4.61. The van der Waals surface area contributed by atoms with Gasteiger partial charge >= 0.3 is 0 Å². The first-order chi connectivity index (χ1) is 21.0. The fraction of sp³-hybridized carbons (Fsp3) is 0.743. The predicted octanol–water partition coefficient (Wildman–Crippen LogP) is 7.55. The van der Waals surface area contributed by atoms with Crippen LogP contribution in [-0.4, -0.2) is 68.5 Å². The van der Waals surface area contributed by atoms with E-state index in [0.717, 1.165) is 70.6 Å². The number of unbranched alkanes of at least 4 members (excludes halogenated alkanes) is 10. The number of rotatable bonds is 29. The van der Waals surface area contributed by atoms with E-state index in [1.807, 2.05) is 27.2 Å². The molecule has 0 aliphatic rings. The molecule has 0 aliphatic heterocycles. The highest BCUT2D eigenvalue weighted by Crippen LogP contribution is 2.38. The molecule has 0 fully saturated rings. The Hall–Kier alpha value is -1.54. The highest BCUT2D eigenvalue weighted by atomic mass is 31.2. The Bertz CT molecular complexity index is 866. The summed E-state index contributed by atoms with van der Waals surface area (Å²) in [7, 11) is 1.22. The van der Waals surface area contributed by atoms with E-state index in [0.29, 0.717) is 17.4 Å². The van der Waals surface area contributed by atoms with Crippen molar-refractivity contribution in [1.29, 1.82) is 0 Å². The largest absolute Gasteiger partial charge is 0.756 e. The lowest BCUT2D eigenvalue weighted by Crippen LogP contribution is -2.45. The minimum Gasteiger partial charge on any atom is -0.756 e. The molecule has 0 rings (SSSR count). The third kappa shape index (κ3) is 29.2. The van der Waals surface area contributed by atoms with E-state index in [4.69, 9.17) is 9.05 Å². The molecular formula is C35H65N2O6P. The molecule has 0 heterocycles. The minimum absolute atomic E-state index is 0.0116. The van der Waals surface area contributed by atoms with E-state index in [1.54, 1.807) is 6.08 Å². The first kappa shape index (κ1) is 42.5. The van der Waals surface area contributed by atoms with Crippen molar-refractivity contribution in [2.45, 2.75) is 129 Å². The number of quaternary nitrogens is 1. The van der Waals surface area contributed by atoms with Gasteiger partial charge in [-0.05, 0) is 51.4 Å². The smallest absolute Gasteiger partial charge is 0.268 e. The molecule has 3 atom stereocenters. The Morgan fingerprint density at radius 2 is 1.34 bits per heavy atom. The van der Waals surface area contributed by atoms with E-state index in [9.17, 15) is 19.4 Å². The number of likely N-dealkylation sites (N-methyl/N-ethyl adjacent to an activating group) is 1. The number of nitrogens with zero attached hydrogens (tertiary/aromatic N) is 1. The molecule has 0 aliphatic carbocycles. The second kappa shape index (κ2) is 27.7. The predicted molar refractivity (Wildman–Crippen MR) is 182 cm³/mol. The summed E-state index contributed by atoms with van der Waals surface area (Å²) in [6, 6.07) is -0.906. The normalized spacial score (nSPS) is 15.5. The van der Waals surface area contributed by atoms with Gasteiger partial charge in [0.1, 0.15) is 13.2 Å². The maximum absolute atomic E-state index is 12.7. The molecule has 0 saturated heterocycles. The first-order valence-corrected chi connectivity index (χ1v) is 18.5. The third-order valence-electron chi connectivity index (χ3n) is 7.01. The number of hydrogen-bond acceptors (Lipinski definition) is 6. The number of aliphatic hydroxyl groups is 1. The van der Waals surface area contributed by atoms with Crippen LogP contribution >= 0.6 is 7.82 Å². The molecule has 0 aromatic carbocycles. The lowest BCUT2D eigenvalue weighted by atomic mass is 10.1. The van der Waals surface area contributed by atoms with Gasteiger partial charge in [-0.25, -0.2) is 0 Å². The molecule has 9 heteroatoms. The molecular weight excluding hydrogens is 575 g/mol. The fourth-order valence-electron chi connectivity index (χ4n) is 4.17. The van der Waals surface area contributed by atoms with Crippen LogP contribution in [0.15, 0.2) is 48.6 Å². The van der Waals surface area contributed by atoms with Gasteiger partial charge in [0, 0.05) is 6.42 Å². The number of phosphoric ester groups is 1. The van der Waals surface area contributed by atoms with Gasteiger partial charge < -0.3 is 28.8 Å². The van der Waals surface area contributed by atoms with Gasteiger partial charge in [-0.1, -0.05) is 107 Å². The van der Waals surface area contributed by atoms with Crippen molar-refractivity contribution in [1.82, 2.24) is 5.32 Å². The fourth-order valence-corrected chi connectivity index (χ4v) is 4.89. The summed E-state index contributed by atoms with van der Waals surface area (Å²) >= 11 is 0. The van der Waals surface area contributed by atoms with E-state index in [2.05, 4.69) is 55.6 Å². The summed E-state index contributed by atoms with van der Waals surface area (Å²) in [4.78, 5) is 25.0. The summed E-state index contributed by atoms with van der Waals surface area (Å²) in [6.07, 6.45) is 31.7. The van der Waals surface area contributed by atoms with E-state index < -0.39 is 26.6 Å². The highest BCUT2D eigenvalue weighted by Gasteiger charge is 2.23. The molecule has 0 radical (unpaired) electrons. The lowest BCUT2D eigenvalue weighted by molar-refractivity contribution is -0.870. The maximum Gasteiger partial charge on any atom is 0.268 e. The van der Waals surface area contributed by atoms with Crippen molar-refractivity contribution < 1.29 is 32.9 Å². The average molecular weight is 641 g/mol. The molecule has 2 N–H and O–H groups in total. The number of hydrogen-bond donors (Lipinski definition) is 2. The van der Waals surface area contributed by atoms with Crippen LogP contribution in [0, 0.1) is 0 Å². The summed E-state index contributed by atoms with van der Waals surface area (Å²) < 4.78 is 22.9. The number of aliphatic hydroxyl groups excluding tert-OH is 1. The highest BCUT2D eigenvalue weighted by molar-refractivity contribution is 7.45. The summed E-state index contributed by atoms with van der Waals surface area (Å²) in [6.45, 7) is 4.45. The molecule has 1 amide bonds. The van der Waals surface area contributed by atoms with Crippen LogP contribution in [0.1, 0.15) is 117 Å². The number of phosphoric acid groups is 1. The molecule has 44 heavy (non-hydrogen) atoms. The van der Waals surface area contributed by atoms with Gasteiger partial charge in [0.2, 0.25) is 5.91 Å². The van der Waals surface area contributed by atoms with Crippen LogP contribution in [-0.2, 0) is 18.4 Å². The van der Waals surface area contributed by atoms with Crippen LogP contribution in [0.4, 0.5) is 0 Å². The van der Waals surface area contributed by atoms with Crippen LogP contribution in [0.3, 0.4) is 0 Å². The van der Waals surface area contributed by atoms with Crippen molar-refractivity contribution in [2.75, 3.05) is 40.9 Å². The molecule has 0 bridgehead atoms. The van der Waals surface area contributed by atoms with Gasteiger partial charge in [-0.3, -0.25) is 9.36 Å². The summed E-state index contributed by atoms with van der Waals surface area (Å²) in [5.74, 6) is -0.230. The van der Waals surface area contributed by atoms with Gasteiger partial charge in [-0.2, -0.15) is 0 Å². The number of carbonyl (C=O) groups excluding carboxylic acids is 1. The Morgan fingerprint density at radius 1 is 0.795 bits per heavy atom. The number of amides is 1. The zero-order valence-electron chi connectivity index (χ0n) is 28.6. The third-order valence-corrected chi connectivity index (χ3v) is 7.98.